The highest BCUT2D eigenvalue weighted by atomic mass is 19.2. The molecule has 2 aromatic rings. The van der Waals surface area contributed by atoms with Gasteiger partial charge in [0.1, 0.15) is 5.82 Å². The molecule has 0 bridgehead atoms. The molecule has 0 aliphatic rings. The van der Waals surface area contributed by atoms with Gasteiger partial charge >= 0.3 is 0 Å². The third-order valence-electron chi connectivity index (χ3n) is 2.15. The molecule has 0 aliphatic heterocycles. The van der Waals surface area contributed by atoms with Gasteiger partial charge in [-0.2, -0.15) is 0 Å². The second kappa shape index (κ2) is 4.82. The lowest BCUT2D eigenvalue weighted by atomic mass is 10.2. The van der Waals surface area contributed by atoms with Crippen molar-refractivity contribution in [2.75, 3.05) is 0 Å². The molecule has 0 aliphatic carbocycles. The highest BCUT2D eigenvalue weighted by Gasteiger charge is 2.01. The molecule has 2 aromatic carbocycles. The van der Waals surface area contributed by atoms with Gasteiger partial charge in [-0.15, -0.1) is 0 Å². The maximum Gasteiger partial charge on any atom is 0.159 e. The van der Waals surface area contributed by atoms with Crippen molar-refractivity contribution >= 4 is 11.9 Å². The van der Waals surface area contributed by atoms with E-state index in [1.807, 2.05) is 0 Å². The smallest absolute Gasteiger partial charge is 0.159 e. The van der Waals surface area contributed by atoms with Crippen LogP contribution in [-0.4, -0.2) is 6.21 Å². The van der Waals surface area contributed by atoms with Gasteiger partial charge in [0.25, 0.3) is 0 Å². The fourth-order valence-electron chi connectivity index (χ4n) is 1.29. The average Bonchev–Trinajstić information content (AvgIpc) is 2.32. The fraction of sp³-hybridized carbons (Fsp3) is 0. The van der Waals surface area contributed by atoms with E-state index in [0.717, 1.165) is 12.1 Å². The molecular weight excluding hydrogens is 227 g/mol. The predicted molar refractivity (Wildman–Crippen MR) is 60.0 cm³/mol. The summed E-state index contributed by atoms with van der Waals surface area (Å²) in [5.74, 6) is -2.35. The minimum absolute atomic E-state index is 0.150. The molecular formula is C13H8F3N. The first-order valence-corrected chi connectivity index (χ1v) is 4.90. The van der Waals surface area contributed by atoms with Crippen molar-refractivity contribution in [1.82, 2.24) is 0 Å². The van der Waals surface area contributed by atoms with E-state index in [1.54, 1.807) is 12.1 Å². The van der Waals surface area contributed by atoms with Gasteiger partial charge in [0.15, 0.2) is 11.6 Å². The van der Waals surface area contributed by atoms with Crippen LogP contribution in [0.25, 0.3) is 0 Å². The van der Waals surface area contributed by atoms with Crippen molar-refractivity contribution in [3.05, 3.63) is 65.5 Å². The number of rotatable bonds is 2. The third-order valence-corrected chi connectivity index (χ3v) is 2.15. The minimum Gasteiger partial charge on any atom is -0.253 e. The fourth-order valence-corrected chi connectivity index (χ4v) is 1.29. The maximum atomic E-state index is 13.2. The van der Waals surface area contributed by atoms with Crippen LogP contribution in [0.15, 0.2) is 47.5 Å². The Labute approximate surface area is 96.2 Å². The van der Waals surface area contributed by atoms with Gasteiger partial charge < -0.3 is 0 Å². The van der Waals surface area contributed by atoms with Crippen molar-refractivity contribution < 1.29 is 13.2 Å². The Morgan fingerprint density at radius 3 is 2.29 bits per heavy atom. The van der Waals surface area contributed by atoms with Crippen LogP contribution in [-0.2, 0) is 0 Å². The molecule has 0 saturated carbocycles. The molecule has 0 N–H and O–H groups in total. The molecule has 0 spiro atoms. The van der Waals surface area contributed by atoms with Gasteiger partial charge in [-0.1, -0.05) is 18.2 Å². The van der Waals surface area contributed by atoms with E-state index in [2.05, 4.69) is 4.99 Å². The number of aliphatic imine (C=N–C) groups is 1. The second-order valence-electron chi connectivity index (χ2n) is 3.38. The molecule has 0 atom stereocenters. The summed E-state index contributed by atoms with van der Waals surface area (Å²) in [6, 6.07) is 9.32. The van der Waals surface area contributed by atoms with Gasteiger partial charge in [-0.3, -0.25) is 4.99 Å². The van der Waals surface area contributed by atoms with E-state index in [0.29, 0.717) is 5.56 Å². The summed E-state index contributed by atoms with van der Waals surface area (Å²) in [5, 5.41) is 0. The molecule has 0 saturated heterocycles. The van der Waals surface area contributed by atoms with Crippen LogP contribution in [0.2, 0.25) is 0 Å². The van der Waals surface area contributed by atoms with Gasteiger partial charge in [0, 0.05) is 6.21 Å². The zero-order valence-electron chi connectivity index (χ0n) is 8.70. The predicted octanol–water partition coefficient (Wildman–Crippen LogP) is 3.85. The minimum atomic E-state index is -0.956. The number of halogens is 3. The monoisotopic (exact) mass is 235 g/mol. The van der Waals surface area contributed by atoms with Crippen LogP contribution in [0.1, 0.15) is 5.56 Å². The second-order valence-corrected chi connectivity index (χ2v) is 3.38. The summed E-state index contributed by atoms with van der Waals surface area (Å²) in [7, 11) is 0. The van der Waals surface area contributed by atoms with E-state index in [4.69, 9.17) is 0 Å². The van der Waals surface area contributed by atoms with E-state index < -0.39 is 17.5 Å². The average molecular weight is 235 g/mol. The molecule has 0 heterocycles. The van der Waals surface area contributed by atoms with Crippen LogP contribution in [0, 0.1) is 17.5 Å². The Morgan fingerprint density at radius 1 is 0.824 bits per heavy atom. The van der Waals surface area contributed by atoms with Gasteiger partial charge in [0.2, 0.25) is 0 Å². The maximum absolute atomic E-state index is 13.2. The Kier molecular flexibility index (Phi) is 3.23. The molecule has 1 nitrogen and oxygen atoms in total. The quantitative estimate of drug-likeness (QED) is 0.701. The summed E-state index contributed by atoms with van der Waals surface area (Å²) in [6.45, 7) is 0. The normalized spacial score (nSPS) is 11.0. The van der Waals surface area contributed by atoms with Gasteiger partial charge in [-0.25, -0.2) is 13.2 Å². The first kappa shape index (κ1) is 11.4. The highest BCUT2D eigenvalue weighted by Crippen LogP contribution is 2.16. The molecule has 0 amide bonds. The number of para-hydroxylation sites is 1. The lowest BCUT2D eigenvalue weighted by molar-refractivity contribution is 0.508. The zero-order chi connectivity index (χ0) is 12.3. The summed E-state index contributed by atoms with van der Waals surface area (Å²) in [5.41, 5.74) is 0.518. The Morgan fingerprint density at radius 2 is 1.59 bits per heavy atom. The van der Waals surface area contributed by atoms with Crippen molar-refractivity contribution in [1.29, 1.82) is 0 Å². The number of nitrogens with zero attached hydrogens (tertiary/aromatic N) is 1. The molecule has 0 fully saturated rings. The Hall–Kier alpha value is -2.10. The number of hydrogen-bond donors (Lipinski definition) is 0. The highest BCUT2D eigenvalue weighted by molar-refractivity contribution is 5.81. The lowest BCUT2D eigenvalue weighted by Crippen LogP contribution is -1.87. The summed E-state index contributed by atoms with van der Waals surface area (Å²) < 4.78 is 38.7. The van der Waals surface area contributed by atoms with Gasteiger partial charge in [0.05, 0.1) is 5.69 Å². The first-order chi connectivity index (χ1) is 8.16. The summed E-state index contributed by atoms with van der Waals surface area (Å²) >= 11 is 0. The van der Waals surface area contributed by atoms with Crippen LogP contribution in [0.3, 0.4) is 0 Å². The largest absolute Gasteiger partial charge is 0.253 e. The lowest BCUT2D eigenvalue weighted by Gasteiger charge is -1.97. The van der Waals surface area contributed by atoms with Crippen molar-refractivity contribution in [3.8, 4) is 0 Å². The van der Waals surface area contributed by atoms with E-state index in [9.17, 15) is 13.2 Å². The molecule has 0 radical (unpaired) electrons. The molecule has 86 valence electrons. The van der Waals surface area contributed by atoms with Crippen molar-refractivity contribution in [2.45, 2.75) is 0 Å². The van der Waals surface area contributed by atoms with Crippen LogP contribution < -0.4 is 0 Å². The molecule has 0 unspecified atom stereocenters. The van der Waals surface area contributed by atoms with E-state index in [1.165, 1.54) is 24.4 Å². The van der Waals surface area contributed by atoms with E-state index >= 15 is 0 Å². The molecule has 0 aromatic heterocycles. The topological polar surface area (TPSA) is 12.4 Å². The summed E-state index contributed by atoms with van der Waals surface area (Å²) in [6.07, 6.45) is 1.28. The molecule has 2 rings (SSSR count). The molecule has 4 heteroatoms. The zero-order valence-corrected chi connectivity index (χ0v) is 8.70. The Bertz CT molecular complexity index is 564. The van der Waals surface area contributed by atoms with Crippen molar-refractivity contribution in [2.24, 2.45) is 4.99 Å². The van der Waals surface area contributed by atoms with Crippen LogP contribution in [0.5, 0.6) is 0 Å². The van der Waals surface area contributed by atoms with Crippen LogP contribution in [0.4, 0.5) is 18.9 Å². The number of benzene rings is 2. The van der Waals surface area contributed by atoms with Crippen LogP contribution >= 0.6 is 0 Å². The molecule has 17 heavy (non-hydrogen) atoms. The first-order valence-electron chi connectivity index (χ1n) is 4.90. The SMILES string of the molecule is Fc1ccc(C=Nc2ccccc2F)cc1F. The van der Waals surface area contributed by atoms with Gasteiger partial charge in [-0.05, 0) is 29.8 Å². The number of hydrogen-bond acceptors (Lipinski definition) is 1. The van der Waals surface area contributed by atoms with Crippen molar-refractivity contribution in [3.63, 3.8) is 0 Å². The third kappa shape index (κ3) is 2.72. The van der Waals surface area contributed by atoms with E-state index in [-0.39, 0.29) is 5.69 Å². The Balaban J connectivity index is 2.26. The standard InChI is InChI=1S/C13H8F3N/c14-10-6-5-9(7-12(10)16)8-17-13-4-2-1-3-11(13)15/h1-8H. The summed E-state index contributed by atoms with van der Waals surface area (Å²) in [4.78, 5) is 3.86.